The van der Waals surface area contributed by atoms with Crippen LogP contribution < -0.4 is 4.74 Å². The number of hydrogen-bond acceptors (Lipinski definition) is 5. The van der Waals surface area contributed by atoms with Gasteiger partial charge in [0.05, 0.1) is 13.2 Å². The summed E-state index contributed by atoms with van der Waals surface area (Å²) in [5.74, 6) is -0.321. The van der Waals surface area contributed by atoms with Gasteiger partial charge in [-0.3, -0.25) is 0 Å². The second kappa shape index (κ2) is 8.64. The van der Waals surface area contributed by atoms with Crippen LogP contribution in [0.5, 0.6) is 11.5 Å². The minimum atomic E-state index is -0.642. The lowest BCUT2D eigenvalue weighted by atomic mass is 10.1. The second-order valence-electron chi connectivity index (χ2n) is 4.32. The zero-order valence-corrected chi connectivity index (χ0v) is 12.3. The number of ether oxygens (including phenoxy) is 2. The van der Waals surface area contributed by atoms with Gasteiger partial charge in [0.25, 0.3) is 0 Å². The van der Waals surface area contributed by atoms with E-state index >= 15 is 0 Å². The van der Waals surface area contributed by atoms with Crippen molar-refractivity contribution in [3.05, 3.63) is 29.3 Å². The molecular formula is C16H19NO4. The third-order valence-corrected chi connectivity index (χ3v) is 2.67. The van der Waals surface area contributed by atoms with Gasteiger partial charge in [-0.05, 0) is 37.1 Å². The lowest BCUT2D eigenvalue weighted by Gasteiger charge is -2.07. The van der Waals surface area contributed by atoms with Crippen LogP contribution in [0.25, 0.3) is 6.08 Å². The minimum Gasteiger partial charge on any atom is -0.504 e. The fourth-order valence-corrected chi connectivity index (χ4v) is 1.58. The maximum absolute atomic E-state index is 11.7. The van der Waals surface area contributed by atoms with E-state index in [1.165, 1.54) is 12.1 Å². The average Bonchev–Trinajstić information content (AvgIpc) is 2.48. The van der Waals surface area contributed by atoms with Crippen molar-refractivity contribution in [1.82, 2.24) is 0 Å². The molecule has 0 bridgehead atoms. The highest BCUT2D eigenvalue weighted by molar-refractivity contribution is 5.97. The molecule has 0 aliphatic carbocycles. The van der Waals surface area contributed by atoms with Gasteiger partial charge in [-0.2, -0.15) is 5.26 Å². The van der Waals surface area contributed by atoms with Gasteiger partial charge in [-0.15, -0.1) is 0 Å². The standard InChI is InChI=1S/C16H19NO4/c1-3-5-8-21-16(19)13(11-17)9-12-6-7-14(18)15(10-12)20-4-2/h6-7,9-10,18H,3-5,8H2,1-2H3/b13-9+. The van der Waals surface area contributed by atoms with E-state index in [2.05, 4.69) is 0 Å². The monoisotopic (exact) mass is 289 g/mol. The first-order chi connectivity index (χ1) is 10.1. The highest BCUT2D eigenvalue weighted by Crippen LogP contribution is 2.27. The van der Waals surface area contributed by atoms with Gasteiger partial charge in [-0.1, -0.05) is 19.4 Å². The fourth-order valence-electron chi connectivity index (χ4n) is 1.58. The Balaban J connectivity index is 2.90. The highest BCUT2D eigenvalue weighted by atomic mass is 16.5. The Bertz CT molecular complexity index is 558. The molecule has 0 atom stereocenters. The Hall–Kier alpha value is -2.48. The summed E-state index contributed by atoms with van der Waals surface area (Å²) in [6.07, 6.45) is 3.09. The molecule has 0 aromatic heterocycles. The Morgan fingerprint density at radius 2 is 2.19 bits per heavy atom. The van der Waals surface area contributed by atoms with E-state index in [1.807, 2.05) is 13.0 Å². The maximum Gasteiger partial charge on any atom is 0.348 e. The minimum absolute atomic E-state index is 0.0121. The first-order valence-corrected chi connectivity index (χ1v) is 6.87. The van der Waals surface area contributed by atoms with Crippen LogP contribution in [-0.2, 0) is 9.53 Å². The molecule has 5 nitrogen and oxygen atoms in total. The quantitative estimate of drug-likeness (QED) is 0.361. The summed E-state index contributed by atoms with van der Waals surface area (Å²) in [5.41, 5.74) is 0.500. The number of carbonyl (C=O) groups is 1. The summed E-state index contributed by atoms with van der Waals surface area (Å²) >= 11 is 0. The molecule has 0 spiro atoms. The highest BCUT2D eigenvalue weighted by Gasteiger charge is 2.11. The molecule has 1 aromatic rings. The van der Waals surface area contributed by atoms with Gasteiger partial charge in [0.2, 0.25) is 0 Å². The van der Waals surface area contributed by atoms with Crippen LogP contribution in [0.3, 0.4) is 0 Å². The predicted octanol–water partition coefficient (Wildman–Crippen LogP) is 3.04. The third-order valence-electron chi connectivity index (χ3n) is 2.67. The van der Waals surface area contributed by atoms with Crippen LogP contribution in [0, 0.1) is 11.3 Å². The zero-order valence-electron chi connectivity index (χ0n) is 12.3. The molecule has 0 unspecified atom stereocenters. The number of esters is 1. The summed E-state index contributed by atoms with van der Waals surface area (Å²) < 4.78 is 10.3. The molecule has 0 heterocycles. The van der Waals surface area contributed by atoms with Crippen LogP contribution in [0.15, 0.2) is 23.8 Å². The smallest absolute Gasteiger partial charge is 0.348 e. The number of nitrogens with zero attached hydrogens (tertiary/aromatic N) is 1. The van der Waals surface area contributed by atoms with Crippen molar-refractivity contribution in [2.75, 3.05) is 13.2 Å². The van der Waals surface area contributed by atoms with Crippen LogP contribution in [0.4, 0.5) is 0 Å². The van der Waals surface area contributed by atoms with Gasteiger partial charge in [0.15, 0.2) is 11.5 Å². The van der Waals surface area contributed by atoms with E-state index in [4.69, 9.17) is 14.7 Å². The molecular weight excluding hydrogens is 270 g/mol. The topological polar surface area (TPSA) is 79.6 Å². The van der Waals surface area contributed by atoms with Gasteiger partial charge < -0.3 is 14.6 Å². The maximum atomic E-state index is 11.7. The number of nitriles is 1. The SMILES string of the molecule is CCCCOC(=O)/C(C#N)=C/c1ccc(O)c(OCC)c1. The number of hydrogen-bond donors (Lipinski definition) is 1. The molecule has 1 N–H and O–H groups in total. The number of phenols is 1. The summed E-state index contributed by atoms with van der Waals surface area (Å²) in [7, 11) is 0. The first-order valence-electron chi connectivity index (χ1n) is 6.87. The second-order valence-corrected chi connectivity index (χ2v) is 4.32. The third kappa shape index (κ3) is 5.19. The normalized spacial score (nSPS) is 10.8. The summed E-state index contributed by atoms with van der Waals surface area (Å²) in [6, 6.07) is 6.44. The average molecular weight is 289 g/mol. The summed E-state index contributed by atoms with van der Waals surface area (Å²) in [5, 5.41) is 18.6. The first kappa shape index (κ1) is 16.6. The van der Waals surface area contributed by atoms with E-state index < -0.39 is 5.97 Å². The largest absolute Gasteiger partial charge is 0.504 e. The molecule has 0 radical (unpaired) electrons. The van der Waals surface area contributed by atoms with E-state index in [9.17, 15) is 9.90 Å². The molecule has 0 saturated heterocycles. The molecule has 0 amide bonds. The number of unbranched alkanes of at least 4 members (excludes halogenated alkanes) is 1. The fraction of sp³-hybridized carbons (Fsp3) is 0.375. The Morgan fingerprint density at radius 3 is 2.81 bits per heavy atom. The van der Waals surface area contributed by atoms with Crippen molar-refractivity contribution < 1.29 is 19.4 Å². The van der Waals surface area contributed by atoms with Crippen molar-refractivity contribution in [2.45, 2.75) is 26.7 Å². The molecule has 1 rings (SSSR count). The van der Waals surface area contributed by atoms with E-state index in [-0.39, 0.29) is 11.3 Å². The molecule has 0 saturated carbocycles. The summed E-state index contributed by atoms with van der Waals surface area (Å²) in [6.45, 7) is 4.49. The molecule has 5 heteroatoms. The van der Waals surface area contributed by atoms with Crippen molar-refractivity contribution in [2.24, 2.45) is 0 Å². The Labute approximate surface area is 124 Å². The molecule has 0 aliphatic rings. The van der Waals surface area contributed by atoms with Crippen molar-refractivity contribution in [1.29, 1.82) is 5.26 Å². The van der Waals surface area contributed by atoms with Crippen LogP contribution in [0.2, 0.25) is 0 Å². The predicted molar refractivity (Wildman–Crippen MR) is 78.7 cm³/mol. The molecule has 112 valence electrons. The van der Waals surface area contributed by atoms with E-state index in [0.717, 1.165) is 12.8 Å². The van der Waals surface area contributed by atoms with Gasteiger partial charge >= 0.3 is 5.97 Å². The van der Waals surface area contributed by atoms with Crippen molar-refractivity contribution in [3.63, 3.8) is 0 Å². The number of aromatic hydroxyl groups is 1. The van der Waals surface area contributed by atoms with Crippen LogP contribution >= 0.6 is 0 Å². The molecule has 0 fully saturated rings. The lowest BCUT2D eigenvalue weighted by molar-refractivity contribution is -0.138. The molecule has 1 aromatic carbocycles. The molecule has 21 heavy (non-hydrogen) atoms. The van der Waals surface area contributed by atoms with E-state index in [0.29, 0.717) is 24.5 Å². The van der Waals surface area contributed by atoms with Crippen molar-refractivity contribution in [3.8, 4) is 17.6 Å². The Morgan fingerprint density at radius 1 is 1.43 bits per heavy atom. The van der Waals surface area contributed by atoms with E-state index in [1.54, 1.807) is 19.1 Å². The Kier molecular flexibility index (Phi) is 6.82. The number of rotatable bonds is 7. The van der Waals surface area contributed by atoms with Crippen LogP contribution in [-0.4, -0.2) is 24.3 Å². The number of phenolic OH excluding ortho intramolecular Hbond substituents is 1. The van der Waals surface area contributed by atoms with Gasteiger partial charge in [0.1, 0.15) is 11.6 Å². The zero-order chi connectivity index (χ0) is 15.7. The molecule has 0 aliphatic heterocycles. The lowest BCUT2D eigenvalue weighted by Crippen LogP contribution is -2.07. The van der Waals surface area contributed by atoms with Gasteiger partial charge in [0, 0.05) is 0 Å². The summed E-state index contributed by atoms with van der Waals surface area (Å²) in [4.78, 5) is 11.7. The number of carbonyl (C=O) groups excluding carboxylic acids is 1. The van der Waals surface area contributed by atoms with Gasteiger partial charge in [-0.25, -0.2) is 4.79 Å². The van der Waals surface area contributed by atoms with Crippen molar-refractivity contribution >= 4 is 12.0 Å². The van der Waals surface area contributed by atoms with Crippen LogP contribution in [0.1, 0.15) is 32.3 Å². The number of benzene rings is 1.